The van der Waals surface area contributed by atoms with Crippen molar-refractivity contribution in [2.24, 2.45) is 0 Å². The number of rotatable bonds is 11. The smallest absolute Gasteiger partial charge is 0.336 e. The number of thiocarbonyl (C=S) groups is 1. The standard InChI is InChI=1S/C24H27N3O2S/c1-2-3-4-7-15-27-23(25-22(26-27)14-16-30)17-18-10-12-19(13-11-18)20-8-5-6-9-21(20)24(28)29/h5-6,8-13,16H,2-4,7,14-15,17H2,1H3,(H,28,29). The molecular formula is C24H27N3O2S. The van der Waals surface area contributed by atoms with Gasteiger partial charge in [0, 0.05) is 19.4 Å². The van der Waals surface area contributed by atoms with Gasteiger partial charge in [-0.15, -0.1) is 0 Å². The van der Waals surface area contributed by atoms with Crippen LogP contribution in [0.25, 0.3) is 11.1 Å². The molecule has 0 aliphatic rings. The second-order valence-corrected chi connectivity index (χ2v) is 7.66. The summed E-state index contributed by atoms with van der Waals surface area (Å²) in [5.74, 6) is 0.788. The highest BCUT2D eigenvalue weighted by molar-refractivity contribution is 7.78. The predicted molar refractivity (Wildman–Crippen MR) is 123 cm³/mol. The Morgan fingerprint density at radius 2 is 1.87 bits per heavy atom. The molecule has 30 heavy (non-hydrogen) atoms. The minimum Gasteiger partial charge on any atom is -0.478 e. The Hall–Kier alpha value is -2.86. The Morgan fingerprint density at radius 1 is 1.10 bits per heavy atom. The highest BCUT2D eigenvalue weighted by Gasteiger charge is 2.13. The summed E-state index contributed by atoms with van der Waals surface area (Å²) in [6, 6.07) is 15.1. The van der Waals surface area contributed by atoms with Crippen molar-refractivity contribution in [3.8, 4) is 11.1 Å². The van der Waals surface area contributed by atoms with E-state index in [-0.39, 0.29) is 0 Å². The van der Waals surface area contributed by atoms with Crippen molar-refractivity contribution in [3.05, 3.63) is 71.3 Å². The Morgan fingerprint density at radius 3 is 2.57 bits per heavy atom. The number of aromatic carboxylic acids is 1. The van der Waals surface area contributed by atoms with Crippen LogP contribution in [0.1, 0.15) is 60.2 Å². The van der Waals surface area contributed by atoms with E-state index >= 15 is 0 Å². The zero-order valence-corrected chi connectivity index (χ0v) is 18.1. The number of unbranched alkanes of at least 4 members (excludes halogenated alkanes) is 3. The fraction of sp³-hybridized carbons (Fsp3) is 0.333. The number of hydrogen-bond donors (Lipinski definition) is 1. The maximum atomic E-state index is 11.5. The van der Waals surface area contributed by atoms with Crippen molar-refractivity contribution < 1.29 is 9.90 Å². The maximum absolute atomic E-state index is 11.5. The summed E-state index contributed by atoms with van der Waals surface area (Å²) in [5.41, 5.74) is 3.03. The van der Waals surface area contributed by atoms with E-state index in [2.05, 4.69) is 17.0 Å². The monoisotopic (exact) mass is 421 g/mol. The van der Waals surface area contributed by atoms with Crippen molar-refractivity contribution in [1.29, 1.82) is 0 Å². The highest BCUT2D eigenvalue weighted by atomic mass is 32.1. The molecule has 0 aliphatic carbocycles. The van der Waals surface area contributed by atoms with E-state index in [0.717, 1.165) is 41.3 Å². The molecule has 6 heteroatoms. The normalized spacial score (nSPS) is 10.8. The van der Waals surface area contributed by atoms with E-state index in [0.29, 0.717) is 18.4 Å². The van der Waals surface area contributed by atoms with E-state index in [9.17, 15) is 9.90 Å². The number of carboxylic acid groups (broad SMARTS) is 1. The number of aromatic nitrogens is 3. The number of benzene rings is 2. The molecule has 0 spiro atoms. The minimum absolute atomic E-state index is 0.307. The van der Waals surface area contributed by atoms with Gasteiger partial charge in [-0.1, -0.05) is 80.9 Å². The maximum Gasteiger partial charge on any atom is 0.336 e. The third kappa shape index (κ3) is 5.60. The van der Waals surface area contributed by atoms with E-state index in [1.54, 1.807) is 17.5 Å². The molecule has 1 heterocycles. The summed E-state index contributed by atoms with van der Waals surface area (Å²) >= 11 is 4.97. The van der Waals surface area contributed by atoms with Crippen LogP contribution in [0.3, 0.4) is 0 Å². The molecule has 0 unspecified atom stereocenters. The van der Waals surface area contributed by atoms with E-state index in [1.807, 2.05) is 41.1 Å². The van der Waals surface area contributed by atoms with E-state index in [4.69, 9.17) is 12.2 Å². The van der Waals surface area contributed by atoms with Gasteiger partial charge in [0.05, 0.1) is 5.56 Å². The molecule has 1 aromatic heterocycles. The lowest BCUT2D eigenvalue weighted by molar-refractivity contribution is 0.0697. The summed E-state index contributed by atoms with van der Waals surface area (Å²) in [4.78, 5) is 16.2. The first-order chi connectivity index (χ1) is 14.6. The van der Waals surface area contributed by atoms with Gasteiger partial charge in [-0.3, -0.25) is 0 Å². The summed E-state index contributed by atoms with van der Waals surface area (Å²) in [7, 11) is 0. The molecule has 0 fully saturated rings. The molecule has 1 N–H and O–H groups in total. The first-order valence-electron chi connectivity index (χ1n) is 10.4. The van der Waals surface area contributed by atoms with Crippen molar-refractivity contribution in [2.45, 2.75) is 52.0 Å². The Balaban J connectivity index is 1.78. The molecule has 0 radical (unpaired) electrons. The third-order valence-corrected chi connectivity index (χ3v) is 5.23. The lowest BCUT2D eigenvalue weighted by atomic mass is 9.98. The zero-order chi connectivity index (χ0) is 21.3. The van der Waals surface area contributed by atoms with Crippen LogP contribution in [0.5, 0.6) is 0 Å². The highest BCUT2D eigenvalue weighted by Crippen LogP contribution is 2.24. The van der Waals surface area contributed by atoms with Gasteiger partial charge in [0.25, 0.3) is 0 Å². The van der Waals surface area contributed by atoms with E-state index in [1.165, 1.54) is 19.3 Å². The third-order valence-electron chi connectivity index (χ3n) is 5.07. The van der Waals surface area contributed by atoms with Crippen molar-refractivity contribution in [3.63, 3.8) is 0 Å². The second kappa shape index (κ2) is 10.8. The van der Waals surface area contributed by atoms with Crippen molar-refractivity contribution in [1.82, 2.24) is 14.8 Å². The van der Waals surface area contributed by atoms with Gasteiger partial charge in [0.1, 0.15) is 5.82 Å². The van der Waals surface area contributed by atoms with Crippen LogP contribution in [-0.4, -0.2) is 31.2 Å². The molecule has 0 saturated heterocycles. The van der Waals surface area contributed by atoms with Crippen LogP contribution < -0.4 is 0 Å². The molecule has 3 aromatic rings. The number of carboxylic acids is 1. The number of nitrogens with zero attached hydrogens (tertiary/aromatic N) is 3. The van der Waals surface area contributed by atoms with Gasteiger partial charge < -0.3 is 5.11 Å². The second-order valence-electron chi connectivity index (χ2n) is 7.32. The Kier molecular flexibility index (Phi) is 7.85. The zero-order valence-electron chi connectivity index (χ0n) is 17.3. The van der Waals surface area contributed by atoms with Crippen LogP contribution >= 0.6 is 12.2 Å². The molecule has 156 valence electrons. The molecule has 0 aliphatic heterocycles. The fourth-order valence-electron chi connectivity index (χ4n) is 3.49. The number of carbonyl (C=O) groups is 1. The Bertz CT molecular complexity index is 996. The van der Waals surface area contributed by atoms with Crippen LogP contribution in [-0.2, 0) is 19.4 Å². The van der Waals surface area contributed by atoms with Crippen molar-refractivity contribution in [2.75, 3.05) is 0 Å². The molecule has 0 amide bonds. The largest absolute Gasteiger partial charge is 0.478 e. The Labute approximate surface area is 182 Å². The van der Waals surface area contributed by atoms with Gasteiger partial charge in [-0.2, -0.15) is 5.10 Å². The number of hydrogen-bond acceptors (Lipinski definition) is 4. The summed E-state index contributed by atoms with van der Waals surface area (Å²) in [5, 5.41) is 15.7. The molecule has 0 saturated carbocycles. The molecule has 0 atom stereocenters. The molecule has 5 nitrogen and oxygen atoms in total. The summed E-state index contributed by atoms with van der Waals surface area (Å²) in [6.45, 7) is 3.07. The summed E-state index contributed by atoms with van der Waals surface area (Å²) < 4.78 is 2.01. The first-order valence-corrected chi connectivity index (χ1v) is 10.9. The SMILES string of the molecule is CCCCCCn1nc(CC=S)nc1Cc1ccc(-c2ccccc2C(=O)O)cc1. The van der Waals surface area contributed by atoms with Gasteiger partial charge in [0.2, 0.25) is 0 Å². The average molecular weight is 422 g/mol. The van der Waals surface area contributed by atoms with Crippen LogP contribution in [0.4, 0.5) is 0 Å². The predicted octanol–water partition coefficient (Wildman–Crippen LogP) is 5.36. The van der Waals surface area contributed by atoms with Crippen molar-refractivity contribution >= 4 is 23.6 Å². The lowest BCUT2D eigenvalue weighted by Gasteiger charge is -2.08. The first kappa shape index (κ1) is 21.8. The van der Waals surface area contributed by atoms with E-state index < -0.39 is 5.97 Å². The molecule has 2 aromatic carbocycles. The summed E-state index contributed by atoms with van der Waals surface area (Å²) in [6.07, 6.45) is 5.99. The van der Waals surface area contributed by atoms with Gasteiger partial charge in [-0.25, -0.2) is 14.5 Å². The fourth-order valence-corrected chi connectivity index (χ4v) is 3.64. The lowest BCUT2D eigenvalue weighted by Crippen LogP contribution is -2.07. The van der Waals surface area contributed by atoms with Crippen LogP contribution in [0, 0.1) is 0 Å². The average Bonchev–Trinajstić information content (AvgIpc) is 3.13. The van der Waals surface area contributed by atoms with Crippen LogP contribution in [0.2, 0.25) is 0 Å². The molecule has 3 rings (SSSR count). The molecule has 0 bridgehead atoms. The minimum atomic E-state index is -0.920. The molecular weight excluding hydrogens is 394 g/mol. The topological polar surface area (TPSA) is 68.0 Å². The quantitative estimate of drug-likeness (QED) is 0.334. The van der Waals surface area contributed by atoms with Gasteiger partial charge >= 0.3 is 5.97 Å². The number of aryl methyl sites for hydroxylation is 1. The van der Waals surface area contributed by atoms with Crippen LogP contribution in [0.15, 0.2) is 48.5 Å². The van der Waals surface area contributed by atoms with Gasteiger partial charge in [0.15, 0.2) is 5.82 Å². The van der Waals surface area contributed by atoms with Gasteiger partial charge in [-0.05, 0) is 34.5 Å².